The van der Waals surface area contributed by atoms with Crippen LogP contribution in [0.3, 0.4) is 0 Å². The van der Waals surface area contributed by atoms with Crippen molar-refractivity contribution < 1.29 is 4.74 Å². The summed E-state index contributed by atoms with van der Waals surface area (Å²) in [5.74, 6) is 0.654. The molecule has 1 atom stereocenters. The zero-order valence-electron chi connectivity index (χ0n) is 12.6. The van der Waals surface area contributed by atoms with Crippen LogP contribution in [0, 0.1) is 13.8 Å². The van der Waals surface area contributed by atoms with Crippen LogP contribution in [0.5, 0.6) is 5.88 Å². The number of hydrogen-bond acceptors (Lipinski definition) is 3. The molecule has 0 aliphatic rings. The second kappa shape index (κ2) is 6.53. The molecule has 3 heteroatoms. The van der Waals surface area contributed by atoms with Crippen molar-refractivity contribution in [2.24, 2.45) is 0 Å². The third-order valence-corrected chi connectivity index (χ3v) is 3.61. The Morgan fingerprint density at radius 1 is 1.20 bits per heavy atom. The molecule has 0 saturated carbocycles. The second-order valence-electron chi connectivity index (χ2n) is 5.11. The molecule has 0 aliphatic carbocycles. The van der Waals surface area contributed by atoms with E-state index in [0.717, 1.165) is 6.42 Å². The van der Waals surface area contributed by atoms with Crippen molar-refractivity contribution in [3.05, 3.63) is 58.8 Å². The minimum atomic E-state index is 0.296. The molecular formula is C17H22N2O. The van der Waals surface area contributed by atoms with Gasteiger partial charge in [0.2, 0.25) is 5.88 Å². The van der Waals surface area contributed by atoms with E-state index in [-0.39, 0.29) is 0 Å². The molecule has 106 valence electrons. The summed E-state index contributed by atoms with van der Waals surface area (Å²) in [5, 5.41) is 3.40. The van der Waals surface area contributed by atoms with Crippen LogP contribution in [0.4, 0.5) is 0 Å². The van der Waals surface area contributed by atoms with Gasteiger partial charge in [0.25, 0.3) is 0 Å². The molecule has 1 aromatic heterocycles. The minimum Gasteiger partial charge on any atom is -0.481 e. The standard InChI is InChI=1S/C17H22N2O/c1-12-5-6-13(2)15(9-12)16(18-3)10-14-7-8-17(20-4)19-11-14/h5-9,11,16,18H,10H2,1-4H3. The Balaban J connectivity index is 2.21. The molecule has 2 aromatic rings. The van der Waals surface area contributed by atoms with Crippen molar-refractivity contribution in [2.45, 2.75) is 26.3 Å². The average molecular weight is 270 g/mol. The Morgan fingerprint density at radius 3 is 2.60 bits per heavy atom. The second-order valence-corrected chi connectivity index (χ2v) is 5.11. The summed E-state index contributed by atoms with van der Waals surface area (Å²) in [5.41, 5.74) is 5.16. The molecule has 0 saturated heterocycles. The van der Waals surface area contributed by atoms with Crippen LogP contribution in [0.25, 0.3) is 0 Å². The predicted molar refractivity (Wildman–Crippen MR) is 82.2 cm³/mol. The molecule has 1 unspecified atom stereocenters. The number of methoxy groups -OCH3 is 1. The number of hydrogen-bond donors (Lipinski definition) is 1. The van der Waals surface area contributed by atoms with Gasteiger partial charge in [-0.15, -0.1) is 0 Å². The van der Waals surface area contributed by atoms with Gasteiger partial charge in [0.1, 0.15) is 0 Å². The van der Waals surface area contributed by atoms with E-state index in [2.05, 4.69) is 48.4 Å². The molecule has 3 nitrogen and oxygen atoms in total. The fourth-order valence-electron chi connectivity index (χ4n) is 2.39. The molecule has 0 spiro atoms. The third-order valence-electron chi connectivity index (χ3n) is 3.61. The number of nitrogens with one attached hydrogen (secondary N) is 1. The van der Waals surface area contributed by atoms with Gasteiger partial charge in [-0.3, -0.25) is 0 Å². The van der Waals surface area contributed by atoms with E-state index in [0.29, 0.717) is 11.9 Å². The molecule has 1 N–H and O–H groups in total. The summed E-state index contributed by atoms with van der Waals surface area (Å²) < 4.78 is 5.09. The quantitative estimate of drug-likeness (QED) is 0.906. The molecule has 0 bridgehead atoms. The van der Waals surface area contributed by atoms with Gasteiger partial charge in [-0.05, 0) is 44.0 Å². The van der Waals surface area contributed by atoms with E-state index in [1.807, 2.05) is 19.3 Å². The van der Waals surface area contributed by atoms with Gasteiger partial charge < -0.3 is 10.1 Å². The lowest BCUT2D eigenvalue weighted by atomic mass is 9.94. The van der Waals surface area contributed by atoms with Crippen molar-refractivity contribution in [3.8, 4) is 5.88 Å². The fourth-order valence-corrected chi connectivity index (χ4v) is 2.39. The van der Waals surface area contributed by atoms with Crippen LogP contribution in [0.15, 0.2) is 36.5 Å². The van der Waals surface area contributed by atoms with E-state index in [1.54, 1.807) is 7.11 Å². The number of rotatable bonds is 5. The highest BCUT2D eigenvalue weighted by molar-refractivity contribution is 5.34. The van der Waals surface area contributed by atoms with Gasteiger partial charge in [0.05, 0.1) is 7.11 Å². The lowest BCUT2D eigenvalue weighted by Crippen LogP contribution is -2.20. The summed E-state index contributed by atoms with van der Waals surface area (Å²) in [6.07, 6.45) is 2.80. The Kier molecular flexibility index (Phi) is 4.74. The van der Waals surface area contributed by atoms with Gasteiger partial charge >= 0.3 is 0 Å². The van der Waals surface area contributed by atoms with Crippen LogP contribution < -0.4 is 10.1 Å². The smallest absolute Gasteiger partial charge is 0.212 e. The maximum absolute atomic E-state index is 5.09. The van der Waals surface area contributed by atoms with E-state index >= 15 is 0 Å². The first kappa shape index (κ1) is 14.5. The monoisotopic (exact) mass is 270 g/mol. The third kappa shape index (κ3) is 3.36. The molecule has 0 radical (unpaired) electrons. The highest BCUT2D eigenvalue weighted by atomic mass is 16.5. The van der Waals surface area contributed by atoms with Gasteiger partial charge in [-0.1, -0.05) is 29.8 Å². The fraction of sp³-hybridized carbons (Fsp3) is 0.353. The zero-order chi connectivity index (χ0) is 14.5. The zero-order valence-corrected chi connectivity index (χ0v) is 12.6. The summed E-state index contributed by atoms with van der Waals surface area (Å²) in [6.45, 7) is 4.29. The van der Waals surface area contributed by atoms with Crippen LogP contribution >= 0.6 is 0 Å². The Bertz CT molecular complexity index is 564. The first-order chi connectivity index (χ1) is 9.63. The molecular weight excluding hydrogens is 248 g/mol. The first-order valence-corrected chi connectivity index (χ1v) is 6.87. The summed E-state index contributed by atoms with van der Waals surface area (Å²) >= 11 is 0. The van der Waals surface area contributed by atoms with Crippen molar-refractivity contribution >= 4 is 0 Å². The lowest BCUT2D eigenvalue weighted by Gasteiger charge is -2.19. The Hall–Kier alpha value is -1.87. The highest BCUT2D eigenvalue weighted by Gasteiger charge is 2.13. The number of aryl methyl sites for hydroxylation is 2. The van der Waals surface area contributed by atoms with Crippen molar-refractivity contribution in [1.82, 2.24) is 10.3 Å². The maximum atomic E-state index is 5.09. The molecule has 20 heavy (non-hydrogen) atoms. The van der Waals surface area contributed by atoms with Gasteiger partial charge in [-0.2, -0.15) is 0 Å². The summed E-state index contributed by atoms with van der Waals surface area (Å²) in [7, 11) is 3.64. The molecule has 0 fully saturated rings. The minimum absolute atomic E-state index is 0.296. The van der Waals surface area contributed by atoms with Gasteiger partial charge in [-0.25, -0.2) is 4.98 Å². The summed E-state index contributed by atoms with van der Waals surface area (Å²) in [4.78, 5) is 4.27. The molecule has 0 aliphatic heterocycles. The first-order valence-electron chi connectivity index (χ1n) is 6.87. The van der Waals surface area contributed by atoms with E-state index < -0.39 is 0 Å². The number of aromatic nitrogens is 1. The Morgan fingerprint density at radius 2 is 2.00 bits per heavy atom. The highest BCUT2D eigenvalue weighted by Crippen LogP contribution is 2.23. The van der Waals surface area contributed by atoms with Crippen molar-refractivity contribution in [1.29, 1.82) is 0 Å². The lowest BCUT2D eigenvalue weighted by molar-refractivity contribution is 0.397. The Labute approximate surface area is 121 Å². The maximum Gasteiger partial charge on any atom is 0.212 e. The molecule has 2 rings (SSSR count). The van der Waals surface area contributed by atoms with Crippen LogP contribution in [0.1, 0.15) is 28.3 Å². The van der Waals surface area contributed by atoms with E-state index in [1.165, 1.54) is 22.3 Å². The summed E-state index contributed by atoms with van der Waals surface area (Å²) in [6, 6.07) is 10.9. The molecule has 1 heterocycles. The number of nitrogens with zero attached hydrogens (tertiary/aromatic N) is 1. The number of likely N-dealkylation sites (N-methyl/N-ethyl adjacent to an activating group) is 1. The van der Waals surface area contributed by atoms with E-state index in [4.69, 9.17) is 4.74 Å². The number of ether oxygens (including phenoxy) is 1. The average Bonchev–Trinajstić information content (AvgIpc) is 2.48. The predicted octanol–water partition coefficient (Wildman–Crippen LogP) is 3.21. The SMILES string of the molecule is CNC(Cc1ccc(OC)nc1)c1cc(C)ccc1C. The van der Waals surface area contributed by atoms with Crippen molar-refractivity contribution in [3.63, 3.8) is 0 Å². The topological polar surface area (TPSA) is 34.1 Å². The van der Waals surface area contributed by atoms with Gasteiger partial charge in [0, 0.05) is 18.3 Å². The van der Waals surface area contributed by atoms with Crippen molar-refractivity contribution in [2.75, 3.05) is 14.2 Å². The van der Waals surface area contributed by atoms with Crippen LogP contribution in [0.2, 0.25) is 0 Å². The largest absolute Gasteiger partial charge is 0.481 e. The van der Waals surface area contributed by atoms with E-state index in [9.17, 15) is 0 Å². The van der Waals surface area contributed by atoms with Gasteiger partial charge in [0.15, 0.2) is 0 Å². The number of benzene rings is 1. The molecule has 0 amide bonds. The number of pyridine rings is 1. The molecule has 1 aromatic carbocycles. The van der Waals surface area contributed by atoms with Crippen LogP contribution in [-0.2, 0) is 6.42 Å². The van der Waals surface area contributed by atoms with Crippen LogP contribution in [-0.4, -0.2) is 19.1 Å². The normalized spacial score (nSPS) is 12.2.